The summed E-state index contributed by atoms with van der Waals surface area (Å²) in [4.78, 5) is 4.20. The maximum absolute atomic E-state index is 5.04. The van der Waals surface area contributed by atoms with E-state index in [1.807, 2.05) is 24.0 Å². The van der Waals surface area contributed by atoms with Gasteiger partial charge in [-0.25, -0.2) is 4.98 Å². The lowest BCUT2D eigenvalue weighted by atomic mass is 9.84. The van der Waals surface area contributed by atoms with Crippen molar-refractivity contribution in [3.8, 4) is 5.88 Å². The molecule has 94 valence electrons. The van der Waals surface area contributed by atoms with Gasteiger partial charge in [0.2, 0.25) is 5.88 Å². The van der Waals surface area contributed by atoms with Gasteiger partial charge in [0.15, 0.2) is 0 Å². The second-order valence-electron chi connectivity index (χ2n) is 4.55. The maximum Gasteiger partial charge on any atom is 0.212 e. The molecule has 3 nitrogen and oxygen atoms in total. The topological polar surface area (TPSA) is 34.1 Å². The summed E-state index contributed by atoms with van der Waals surface area (Å²) >= 11 is 2.00. The van der Waals surface area contributed by atoms with Gasteiger partial charge in [-0.15, -0.1) is 0 Å². The predicted molar refractivity (Wildman–Crippen MR) is 72.6 cm³/mol. The maximum atomic E-state index is 5.04. The van der Waals surface area contributed by atoms with Crippen molar-refractivity contribution >= 4 is 11.8 Å². The van der Waals surface area contributed by atoms with Crippen molar-refractivity contribution in [3.05, 3.63) is 23.9 Å². The number of rotatable bonds is 6. The highest BCUT2D eigenvalue weighted by Gasteiger charge is 2.35. The normalized spacial score (nSPS) is 17.5. The van der Waals surface area contributed by atoms with Crippen LogP contribution in [0.4, 0.5) is 0 Å². The molecule has 1 fully saturated rings. The monoisotopic (exact) mass is 252 g/mol. The Labute approximate surface area is 107 Å². The van der Waals surface area contributed by atoms with Crippen molar-refractivity contribution < 1.29 is 4.74 Å². The van der Waals surface area contributed by atoms with Crippen LogP contribution in [0.5, 0.6) is 5.88 Å². The van der Waals surface area contributed by atoms with Crippen LogP contribution in [0.15, 0.2) is 18.3 Å². The number of hydrogen-bond acceptors (Lipinski definition) is 4. The fraction of sp³-hybridized carbons (Fsp3) is 0.615. The summed E-state index contributed by atoms with van der Waals surface area (Å²) in [7, 11) is 1.64. The lowest BCUT2D eigenvalue weighted by Crippen LogP contribution is -2.43. The van der Waals surface area contributed by atoms with Crippen molar-refractivity contribution in [3.63, 3.8) is 0 Å². The molecule has 0 saturated heterocycles. The summed E-state index contributed by atoms with van der Waals surface area (Å²) in [6.45, 7) is 1.99. The number of methoxy groups -OCH3 is 1. The Kier molecular flexibility index (Phi) is 4.29. The average molecular weight is 252 g/mol. The van der Waals surface area contributed by atoms with E-state index in [1.165, 1.54) is 24.8 Å². The molecule has 0 spiro atoms. The van der Waals surface area contributed by atoms with Crippen LogP contribution >= 0.6 is 11.8 Å². The van der Waals surface area contributed by atoms with E-state index in [0.29, 0.717) is 10.6 Å². The zero-order valence-electron chi connectivity index (χ0n) is 10.5. The number of ether oxygens (including phenoxy) is 1. The van der Waals surface area contributed by atoms with Gasteiger partial charge in [-0.2, -0.15) is 11.8 Å². The van der Waals surface area contributed by atoms with E-state index in [4.69, 9.17) is 4.74 Å². The Morgan fingerprint density at radius 3 is 2.76 bits per heavy atom. The highest BCUT2D eigenvalue weighted by Crippen LogP contribution is 2.42. The number of aromatic nitrogens is 1. The smallest absolute Gasteiger partial charge is 0.212 e. The van der Waals surface area contributed by atoms with Crippen molar-refractivity contribution in [2.75, 3.05) is 19.9 Å². The van der Waals surface area contributed by atoms with Crippen molar-refractivity contribution in [1.29, 1.82) is 0 Å². The first-order valence-electron chi connectivity index (χ1n) is 6.03. The summed E-state index contributed by atoms with van der Waals surface area (Å²) in [6.07, 6.45) is 8.17. The zero-order chi connectivity index (χ0) is 12.1. The Morgan fingerprint density at radius 1 is 1.47 bits per heavy atom. The van der Waals surface area contributed by atoms with Gasteiger partial charge in [0, 0.05) is 30.1 Å². The van der Waals surface area contributed by atoms with Crippen LogP contribution in [0.1, 0.15) is 24.8 Å². The van der Waals surface area contributed by atoms with Gasteiger partial charge in [-0.1, -0.05) is 12.5 Å². The van der Waals surface area contributed by atoms with Gasteiger partial charge >= 0.3 is 0 Å². The minimum atomic E-state index is 0.500. The van der Waals surface area contributed by atoms with Crippen LogP contribution < -0.4 is 10.1 Å². The van der Waals surface area contributed by atoms with Gasteiger partial charge in [0.25, 0.3) is 0 Å². The molecule has 4 heteroatoms. The molecular formula is C13H20N2OS. The number of thioether (sulfide) groups is 1. The molecule has 1 aromatic rings. The van der Waals surface area contributed by atoms with Gasteiger partial charge < -0.3 is 10.1 Å². The van der Waals surface area contributed by atoms with E-state index in [0.717, 1.165) is 13.1 Å². The quantitative estimate of drug-likeness (QED) is 0.843. The van der Waals surface area contributed by atoms with E-state index in [2.05, 4.69) is 22.6 Å². The average Bonchev–Trinajstić information content (AvgIpc) is 2.33. The van der Waals surface area contributed by atoms with Crippen molar-refractivity contribution in [2.24, 2.45) is 0 Å². The van der Waals surface area contributed by atoms with Gasteiger partial charge in [-0.05, 0) is 24.7 Å². The Morgan fingerprint density at radius 2 is 2.29 bits per heavy atom. The van der Waals surface area contributed by atoms with Crippen LogP contribution in [-0.2, 0) is 6.54 Å². The largest absolute Gasteiger partial charge is 0.481 e. The number of nitrogens with zero attached hydrogens (tertiary/aromatic N) is 1. The van der Waals surface area contributed by atoms with Crippen molar-refractivity contribution in [1.82, 2.24) is 10.3 Å². The summed E-state index contributed by atoms with van der Waals surface area (Å²) in [5.74, 6) is 0.674. The molecule has 0 aromatic carbocycles. The first-order valence-corrected chi connectivity index (χ1v) is 7.25. The molecule has 0 radical (unpaired) electrons. The van der Waals surface area contributed by atoms with E-state index in [9.17, 15) is 0 Å². The third kappa shape index (κ3) is 3.13. The molecule has 0 aliphatic heterocycles. The third-order valence-corrected chi connectivity index (χ3v) is 4.90. The number of nitrogens with one attached hydrogen (secondary N) is 1. The molecule has 17 heavy (non-hydrogen) atoms. The minimum absolute atomic E-state index is 0.500. The molecule has 0 bridgehead atoms. The predicted octanol–water partition coefficient (Wildman–Crippen LogP) is 2.47. The Hall–Kier alpha value is -0.740. The van der Waals surface area contributed by atoms with Crippen LogP contribution in [0.25, 0.3) is 0 Å². The number of hydrogen-bond donors (Lipinski definition) is 1. The third-order valence-electron chi connectivity index (χ3n) is 3.48. The molecule has 1 heterocycles. The molecule has 0 unspecified atom stereocenters. The van der Waals surface area contributed by atoms with Crippen LogP contribution in [0, 0.1) is 0 Å². The van der Waals surface area contributed by atoms with Crippen molar-refractivity contribution in [2.45, 2.75) is 30.6 Å². The first-order chi connectivity index (χ1) is 8.28. The fourth-order valence-corrected chi connectivity index (χ4v) is 3.04. The zero-order valence-corrected chi connectivity index (χ0v) is 11.3. The molecule has 1 saturated carbocycles. The van der Waals surface area contributed by atoms with Crippen LogP contribution in [0.2, 0.25) is 0 Å². The second kappa shape index (κ2) is 5.74. The van der Waals surface area contributed by atoms with Gasteiger partial charge in [-0.3, -0.25) is 0 Å². The first kappa shape index (κ1) is 12.7. The summed E-state index contributed by atoms with van der Waals surface area (Å²) in [6, 6.07) is 3.97. The van der Waals surface area contributed by atoms with Crippen LogP contribution in [-0.4, -0.2) is 29.6 Å². The molecule has 1 N–H and O–H groups in total. The molecule has 1 aliphatic rings. The number of pyridine rings is 1. The van der Waals surface area contributed by atoms with Gasteiger partial charge in [0.1, 0.15) is 0 Å². The van der Waals surface area contributed by atoms with E-state index in [1.54, 1.807) is 7.11 Å². The lowest BCUT2D eigenvalue weighted by Gasteiger charge is -2.40. The molecule has 0 atom stereocenters. The Balaban J connectivity index is 1.77. The molecule has 2 rings (SSSR count). The highest BCUT2D eigenvalue weighted by molar-refractivity contribution is 8.00. The summed E-state index contributed by atoms with van der Waals surface area (Å²) in [5, 5.41) is 3.53. The summed E-state index contributed by atoms with van der Waals surface area (Å²) in [5.41, 5.74) is 1.21. The SMILES string of the molecule is COc1ccc(CNCC2(SC)CCC2)cn1. The fourth-order valence-electron chi connectivity index (χ4n) is 2.10. The Bertz CT molecular complexity index is 343. The minimum Gasteiger partial charge on any atom is -0.481 e. The van der Waals surface area contributed by atoms with Gasteiger partial charge in [0.05, 0.1) is 7.11 Å². The van der Waals surface area contributed by atoms with Crippen LogP contribution in [0.3, 0.4) is 0 Å². The van der Waals surface area contributed by atoms with E-state index < -0.39 is 0 Å². The summed E-state index contributed by atoms with van der Waals surface area (Å²) < 4.78 is 5.54. The van der Waals surface area contributed by atoms with E-state index in [-0.39, 0.29) is 0 Å². The molecular weight excluding hydrogens is 232 g/mol. The molecule has 1 aliphatic carbocycles. The molecule has 1 aromatic heterocycles. The lowest BCUT2D eigenvalue weighted by molar-refractivity contribution is 0.345. The molecule has 0 amide bonds. The van der Waals surface area contributed by atoms with E-state index >= 15 is 0 Å². The highest BCUT2D eigenvalue weighted by atomic mass is 32.2. The standard InChI is InChI=1S/C13H20N2OS/c1-16-12-5-4-11(9-15-12)8-14-10-13(17-2)6-3-7-13/h4-5,9,14H,3,6-8,10H2,1-2H3. The second-order valence-corrected chi connectivity index (χ2v) is 5.83.